The van der Waals surface area contributed by atoms with Crippen molar-refractivity contribution in [2.24, 2.45) is 0 Å². The van der Waals surface area contributed by atoms with Crippen molar-refractivity contribution in [1.29, 1.82) is 0 Å². The van der Waals surface area contributed by atoms with Crippen LogP contribution in [-0.4, -0.2) is 4.21 Å². The van der Waals surface area contributed by atoms with Gasteiger partial charge in [-0.2, -0.15) is 13.2 Å². The smallest absolute Gasteiger partial charge is 0.258 e. The third-order valence-corrected chi connectivity index (χ3v) is 5.86. The second-order valence-electron chi connectivity index (χ2n) is 6.21. The summed E-state index contributed by atoms with van der Waals surface area (Å²) in [5.41, 5.74) is 0.501. The predicted octanol–water partition coefficient (Wildman–Crippen LogP) is 6.02. The maximum Gasteiger partial charge on any atom is 0.416 e. The molecule has 0 bridgehead atoms. The van der Waals surface area contributed by atoms with E-state index >= 15 is 0 Å². The Labute approximate surface area is 161 Å². The van der Waals surface area contributed by atoms with E-state index in [0.717, 1.165) is 12.1 Å². The summed E-state index contributed by atoms with van der Waals surface area (Å²) in [6, 6.07) is 15.4. The third kappa shape index (κ3) is 4.84. The van der Waals surface area contributed by atoms with Crippen molar-refractivity contribution in [3.05, 3.63) is 107 Å². The second kappa shape index (κ2) is 8.22. The van der Waals surface area contributed by atoms with Crippen molar-refractivity contribution in [3.63, 3.8) is 0 Å². The third-order valence-electron chi connectivity index (χ3n) is 4.17. The number of rotatable bonds is 5. The Kier molecular flexibility index (Phi) is 5.93. The highest BCUT2D eigenvalue weighted by molar-refractivity contribution is 7.84. The van der Waals surface area contributed by atoms with Crippen molar-refractivity contribution in [1.82, 2.24) is 0 Å². The fourth-order valence-corrected chi connectivity index (χ4v) is 4.45. The monoisotopic (exact) mass is 410 g/mol. The van der Waals surface area contributed by atoms with E-state index in [1.165, 1.54) is 60.7 Å². The standard InChI is InChI=1S/C21H15F5OS/c22-18-8-4-15(5-9-18)20(16-6-10-19(23)11-7-16)28(27)13-14-2-1-3-17(12-14)21(24,25)26/h1-12,20H,13H2/t28-/m1/s1. The summed E-state index contributed by atoms with van der Waals surface area (Å²) >= 11 is 0. The van der Waals surface area contributed by atoms with Gasteiger partial charge in [-0.25, -0.2) is 8.78 Å². The minimum absolute atomic E-state index is 0.136. The molecule has 0 fully saturated rings. The van der Waals surface area contributed by atoms with Gasteiger partial charge < -0.3 is 0 Å². The highest BCUT2D eigenvalue weighted by atomic mass is 32.2. The van der Waals surface area contributed by atoms with Crippen molar-refractivity contribution < 1.29 is 26.2 Å². The summed E-state index contributed by atoms with van der Waals surface area (Å²) in [6.45, 7) is 0. The van der Waals surface area contributed by atoms with Gasteiger partial charge in [0.05, 0.1) is 10.8 Å². The first-order valence-electron chi connectivity index (χ1n) is 8.28. The summed E-state index contributed by atoms with van der Waals surface area (Å²) in [5, 5.41) is -0.740. The van der Waals surface area contributed by atoms with E-state index in [2.05, 4.69) is 0 Å². The lowest BCUT2D eigenvalue weighted by Gasteiger charge is -2.18. The Morgan fingerprint density at radius 2 is 1.29 bits per heavy atom. The lowest BCUT2D eigenvalue weighted by molar-refractivity contribution is -0.137. The molecule has 0 radical (unpaired) electrons. The van der Waals surface area contributed by atoms with Gasteiger partial charge in [0.1, 0.15) is 11.6 Å². The first-order chi connectivity index (χ1) is 13.2. The molecule has 28 heavy (non-hydrogen) atoms. The zero-order valence-corrected chi connectivity index (χ0v) is 15.2. The quantitative estimate of drug-likeness (QED) is 0.470. The molecule has 3 aromatic rings. The van der Waals surface area contributed by atoms with Crippen LogP contribution in [0.5, 0.6) is 0 Å². The Morgan fingerprint density at radius 3 is 1.75 bits per heavy atom. The zero-order valence-electron chi connectivity index (χ0n) is 14.4. The first-order valence-corrected chi connectivity index (χ1v) is 9.66. The van der Waals surface area contributed by atoms with Gasteiger partial charge in [0.15, 0.2) is 0 Å². The second-order valence-corrected chi connectivity index (χ2v) is 7.73. The maximum absolute atomic E-state index is 13.3. The summed E-state index contributed by atoms with van der Waals surface area (Å²) < 4.78 is 78.4. The van der Waals surface area contributed by atoms with Gasteiger partial charge in [-0.3, -0.25) is 4.21 Å². The molecular formula is C21H15F5OS. The molecule has 1 atom stereocenters. The predicted molar refractivity (Wildman–Crippen MR) is 97.9 cm³/mol. The number of hydrogen-bond donors (Lipinski definition) is 0. The zero-order chi connectivity index (χ0) is 20.3. The number of hydrogen-bond acceptors (Lipinski definition) is 1. The van der Waals surface area contributed by atoms with Gasteiger partial charge in [0.25, 0.3) is 0 Å². The van der Waals surface area contributed by atoms with Crippen LogP contribution in [0.25, 0.3) is 0 Å². The van der Waals surface area contributed by atoms with Crippen LogP contribution in [0.3, 0.4) is 0 Å². The van der Waals surface area contributed by atoms with Gasteiger partial charge in [-0.05, 0) is 47.0 Å². The largest absolute Gasteiger partial charge is 0.416 e. The summed E-state index contributed by atoms with van der Waals surface area (Å²) in [4.78, 5) is 0. The van der Waals surface area contributed by atoms with E-state index in [1.807, 2.05) is 0 Å². The van der Waals surface area contributed by atoms with Crippen LogP contribution in [0, 0.1) is 11.6 Å². The van der Waals surface area contributed by atoms with Crippen molar-refractivity contribution >= 4 is 10.8 Å². The molecule has 0 aliphatic carbocycles. The van der Waals surface area contributed by atoms with Crippen LogP contribution in [0.4, 0.5) is 22.0 Å². The van der Waals surface area contributed by atoms with Gasteiger partial charge in [-0.1, -0.05) is 42.5 Å². The van der Waals surface area contributed by atoms with Crippen molar-refractivity contribution in [2.75, 3.05) is 0 Å². The van der Waals surface area contributed by atoms with Crippen LogP contribution in [0.2, 0.25) is 0 Å². The molecule has 3 aromatic carbocycles. The molecule has 146 valence electrons. The molecule has 0 aliphatic heterocycles. The molecule has 0 unspecified atom stereocenters. The van der Waals surface area contributed by atoms with Gasteiger partial charge in [-0.15, -0.1) is 0 Å². The summed E-state index contributed by atoms with van der Waals surface area (Å²) in [5.74, 6) is -1.07. The Bertz CT molecular complexity index is 920. The average molecular weight is 410 g/mol. The SMILES string of the molecule is O=[S@](Cc1cccc(C(F)(F)F)c1)C(c1ccc(F)cc1)c1ccc(F)cc1. The van der Waals surface area contributed by atoms with Gasteiger partial charge in [0.2, 0.25) is 0 Å². The first kappa shape index (κ1) is 20.2. The minimum atomic E-state index is -4.50. The average Bonchev–Trinajstić information content (AvgIpc) is 2.65. The molecule has 0 saturated heterocycles. The van der Waals surface area contributed by atoms with Crippen LogP contribution in [0.1, 0.15) is 27.5 Å². The molecule has 0 aliphatic rings. The number of alkyl halides is 3. The molecule has 0 amide bonds. The lowest BCUT2D eigenvalue weighted by Crippen LogP contribution is -2.12. The topological polar surface area (TPSA) is 17.1 Å². The molecular weight excluding hydrogens is 395 g/mol. The molecule has 0 spiro atoms. The molecule has 0 N–H and O–H groups in total. The summed E-state index contributed by atoms with van der Waals surface area (Å²) in [7, 11) is -1.67. The van der Waals surface area contributed by atoms with E-state index in [0.29, 0.717) is 11.1 Å². The fourth-order valence-electron chi connectivity index (χ4n) is 2.86. The van der Waals surface area contributed by atoms with Gasteiger partial charge >= 0.3 is 6.18 Å². The molecule has 0 aromatic heterocycles. The Morgan fingerprint density at radius 1 is 0.786 bits per heavy atom. The van der Waals surface area contributed by atoms with Crippen molar-refractivity contribution in [3.8, 4) is 0 Å². The van der Waals surface area contributed by atoms with Crippen molar-refractivity contribution in [2.45, 2.75) is 17.2 Å². The lowest BCUT2D eigenvalue weighted by atomic mass is 10.0. The number of benzene rings is 3. The van der Waals surface area contributed by atoms with E-state index in [9.17, 15) is 26.2 Å². The Balaban J connectivity index is 1.95. The molecule has 1 nitrogen and oxygen atoms in total. The van der Waals surface area contributed by atoms with E-state index in [1.54, 1.807) is 0 Å². The Hall–Kier alpha value is -2.54. The number of halogens is 5. The normalized spacial score (nSPS) is 12.9. The van der Waals surface area contributed by atoms with Crippen LogP contribution < -0.4 is 0 Å². The summed E-state index contributed by atoms with van der Waals surface area (Å²) in [6.07, 6.45) is -4.50. The van der Waals surface area contributed by atoms with Crippen LogP contribution >= 0.6 is 0 Å². The molecule has 0 heterocycles. The van der Waals surface area contributed by atoms with Crippen LogP contribution in [-0.2, 0) is 22.7 Å². The fraction of sp³-hybridized carbons (Fsp3) is 0.143. The van der Waals surface area contributed by atoms with E-state index in [4.69, 9.17) is 0 Å². The maximum atomic E-state index is 13.3. The minimum Gasteiger partial charge on any atom is -0.258 e. The van der Waals surface area contributed by atoms with E-state index in [-0.39, 0.29) is 11.3 Å². The van der Waals surface area contributed by atoms with Crippen LogP contribution in [0.15, 0.2) is 72.8 Å². The van der Waals surface area contributed by atoms with Gasteiger partial charge in [0, 0.05) is 16.6 Å². The highest BCUT2D eigenvalue weighted by Crippen LogP contribution is 2.33. The molecule has 0 saturated carbocycles. The highest BCUT2D eigenvalue weighted by Gasteiger charge is 2.30. The van der Waals surface area contributed by atoms with E-state index < -0.39 is 39.4 Å². The molecule has 7 heteroatoms. The molecule has 3 rings (SSSR count).